The standard InChI is InChI=1S/C13H13N3O2S2/c1-19-13-14-3-4-16(13)11(17)6-10-8-20-12(15-10)9-2-5-18-7-9/h2,5,7-8H,3-4,6H2,1H3. The molecule has 0 spiro atoms. The lowest BCUT2D eigenvalue weighted by Gasteiger charge is -2.15. The van der Waals surface area contributed by atoms with Crippen LogP contribution in [0.5, 0.6) is 0 Å². The lowest BCUT2D eigenvalue weighted by atomic mass is 10.3. The van der Waals surface area contributed by atoms with E-state index < -0.39 is 0 Å². The molecule has 0 saturated carbocycles. The minimum absolute atomic E-state index is 0.0552. The van der Waals surface area contributed by atoms with Gasteiger partial charge in [-0.1, -0.05) is 11.8 Å². The Morgan fingerprint density at radius 1 is 1.60 bits per heavy atom. The smallest absolute Gasteiger partial charge is 0.234 e. The third-order valence-electron chi connectivity index (χ3n) is 2.94. The van der Waals surface area contributed by atoms with Crippen LogP contribution < -0.4 is 0 Å². The van der Waals surface area contributed by atoms with Crippen molar-refractivity contribution in [2.45, 2.75) is 6.42 Å². The Bertz CT molecular complexity index is 634. The van der Waals surface area contributed by atoms with Crippen LogP contribution in [0.1, 0.15) is 5.69 Å². The lowest BCUT2D eigenvalue weighted by molar-refractivity contribution is -0.126. The number of thioether (sulfide) groups is 1. The van der Waals surface area contributed by atoms with Gasteiger partial charge in [0.05, 0.1) is 24.9 Å². The maximum atomic E-state index is 12.3. The van der Waals surface area contributed by atoms with E-state index >= 15 is 0 Å². The maximum absolute atomic E-state index is 12.3. The van der Waals surface area contributed by atoms with Crippen LogP contribution >= 0.6 is 23.1 Å². The minimum Gasteiger partial charge on any atom is -0.472 e. The summed E-state index contributed by atoms with van der Waals surface area (Å²) in [6.07, 6.45) is 5.52. The number of hydrogen-bond acceptors (Lipinski definition) is 6. The molecule has 0 saturated heterocycles. The van der Waals surface area contributed by atoms with Crippen LogP contribution in [0.2, 0.25) is 0 Å². The quantitative estimate of drug-likeness (QED) is 0.874. The number of amidine groups is 1. The first-order valence-electron chi connectivity index (χ1n) is 6.13. The van der Waals surface area contributed by atoms with E-state index in [1.165, 1.54) is 23.1 Å². The molecule has 0 N–H and O–H groups in total. The van der Waals surface area contributed by atoms with Gasteiger partial charge in [0.25, 0.3) is 0 Å². The number of aliphatic imine (C=N–C) groups is 1. The molecule has 3 rings (SSSR count). The van der Waals surface area contributed by atoms with Crippen LogP contribution in [-0.2, 0) is 11.2 Å². The molecule has 2 aromatic rings. The van der Waals surface area contributed by atoms with Crippen LogP contribution in [0.15, 0.2) is 33.4 Å². The molecule has 0 aliphatic carbocycles. The molecule has 20 heavy (non-hydrogen) atoms. The second kappa shape index (κ2) is 5.80. The Balaban J connectivity index is 1.69. The highest BCUT2D eigenvalue weighted by molar-refractivity contribution is 8.13. The Labute approximate surface area is 124 Å². The largest absolute Gasteiger partial charge is 0.472 e. The van der Waals surface area contributed by atoms with Gasteiger partial charge in [0, 0.05) is 17.5 Å². The van der Waals surface area contributed by atoms with Gasteiger partial charge in [-0.05, 0) is 12.3 Å². The van der Waals surface area contributed by atoms with E-state index in [1.54, 1.807) is 17.4 Å². The van der Waals surface area contributed by atoms with Crippen LogP contribution in [0, 0.1) is 0 Å². The van der Waals surface area contributed by atoms with Gasteiger partial charge in [0.15, 0.2) is 5.17 Å². The van der Waals surface area contributed by atoms with Crippen molar-refractivity contribution in [3.05, 3.63) is 29.7 Å². The van der Waals surface area contributed by atoms with E-state index in [9.17, 15) is 4.79 Å². The van der Waals surface area contributed by atoms with E-state index in [0.717, 1.165) is 21.4 Å². The molecule has 104 valence electrons. The fourth-order valence-corrected chi connectivity index (χ4v) is 3.43. The van der Waals surface area contributed by atoms with Crippen LogP contribution in [0.25, 0.3) is 10.6 Å². The monoisotopic (exact) mass is 307 g/mol. The summed E-state index contributed by atoms with van der Waals surface area (Å²) in [7, 11) is 0. The summed E-state index contributed by atoms with van der Waals surface area (Å²) in [6.45, 7) is 1.37. The van der Waals surface area contributed by atoms with Crippen molar-refractivity contribution in [1.82, 2.24) is 9.88 Å². The first-order valence-corrected chi connectivity index (χ1v) is 8.24. The third-order valence-corrected chi connectivity index (χ3v) is 4.59. The Morgan fingerprint density at radius 3 is 3.25 bits per heavy atom. The molecular formula is C13H13N3O2S2. The number of carbonyl (C=O) groups excluding carboxylic acids is 1. The van der Waals surface area contributed by atoms with Crippen LogP contribution in [-0.4, -0.2) is 40.3 Å². The fraction of sp³-hybridized carbons (Fsp3) is 0.308. The summed E-state index contributed by atoms with van der Waals surface area (Å²) in [5, 5.41) is 3.61. The van der Waals surface area contributed by atoms with Gasteiger partial charge in [-0.2, -0.15) is 0 Å². The second-order valence-corrected chi connectivity index (χ2v) is 5.88. The van der Waals surface area contributed by atoms with Crippen molar-refractivity contribution in [2.75, 3.05) is 19.3 Å². The summed E-state index contributed by atoms with van der Waals surface area (Å²) in [5.41, 5.74) is 1.74. The molecule has 0 aromatic carbocycles. The summed E-state index contributed by atoms with van der Waals surface area (Å²) >= 11 is 3.03. The molecule has 0 bridgehead atoms. The summed E-state index contributed by atoms with van der Waals surface area (Å²) in [5.74, 6) is 0.0552. The van der Waals surface area contributed by atoms with Gasteiger partial charge >= 0.3 is 0 Å². The molecule has 0 atom stereocenters. The Hall–Kier alpha value is -1.60. The first kappa shape index (κ1) is 13.4. The molecule has 1 aliphatic heterocycles. The number of carbonyl (C=O) groups is 1. The summed E-state index contributed by atoms with van der Waals surface area (Å²) in [4.78, 5) is 22.8. The molecule has 0 radical (unpaired) electrons. The number of furan rings is 1. The predicted molar refractivity (Wildman–Crippen MR) is 81.1 cm³/mol. The average Bonchev–Trinajstić information content (AvgIpc) is 3.19. The fourth-order valence-electron chi connectivity index (χ4n) is 1.99. The van der Waals surface area contributed by atoms with E-state index in [-0.39, 0.29) is 5.91 Å². The van der Waals surface area contributed by atoms with Crippen molar-refractivity contribution in [2.24, 2.45) is 4.99 Å². The molecule has 2 aromatic heterocycles. The van der Waals surface area contributed by atoms with E-state index in [4.69, 9.17) is 4.42 Å². The normalized spacial score (nSPS) is 14.7. The number of thiazole rings is 1. The second-order valence-electron chi connectivity index (χ2n) is 4.25. The van der Waals surface area contributed by atoms with E-state index in [0.29, 0.717) is 19.5 Å². The van der Waals surface area contributed by atoms with E-state index in [2.05, 4.69) is 9.98 Å². The molecule has 1 amide bonds. The summed E-state index contributed by atoms with van der Waals surface area (Å²) < 4.78 is 5.04. The molecule has 0 unspecified atom stereocenters. The molecule has 1 aliphatic rings. The number of hydrogen-bond donors (Lipinski definition) is 0. The van der Waals surface area contributed by atoms with Gasteiger partial charge in [0.1, 0.15) is 11.3 Å². The number of rotatable bonds is 3. The minimum atomic E-state index is 0.0552. The average molecular weight is 307 g/mol. The topological polar surface area (TPSA) is 58.7 Å². The van der Waals surface area contributed by atoms with Gasteiger partial charge < -0.3 is 4.42 Å². The third kappa shape index (κ3) is 2.64. The zero-order valence-corrected chi connectivity index (χ0v) is 12.5. The number of nitrogens with zero attached hydrogens (tertiary/aromatic N) is 3. The number of aromatic nitrogens is 1. The molecule has 7 heteroatoms. The van der Waals surface area contributed by atoms with Crippen molar-refractivity contribution in [1.29, 1.82) is 0 Å². The molecule has 0 fully saturated rings. The zero-order chi connectivity index (χ0) is 13.9. The van der Waals surface area contributed by atoms with Crippen LogP contribution in [0.3, 0.4) is 0 Å². The van der Waals surface area contributed by atoms with Crippen molar-refractivity contribution in [3.63, 3.8) is 0 Å². The van der Waals surface area contributed by atoms with E-state index in [1.807, 2.05) is 17.7 Å². The summed E-state index contributed by atoms with van der Waals surface area (Å²) in [6, 6.07) is 1.86. The highest BCUT2D eigenvalue weighted by Crippen LogP contribution is 2.24. The predicted octanol–water partition coefficient (Wildman–Crippen LogP) is 2.51. The highest BCUT2D eigenvalue weighted by Gasteiger charge is 2.23. The lowest BCUT2D eigenvalue weighted by Crippen LogP contribution is -2.33. The van der Waals surface area contributed by atoms with Gasteiger partial charge in [-0.25, -0.2) is 4.98 Å². The van der Waals surface area contributed by atoms with Gasteiger partial charge in [-0.3, -0.25) is 14.7 Å². The Kier molecular flexibility index (Phi) is 3.88. The molecule has 3 heterocycles. The van der Waals surface area contributed by atoms with Crippen LogP contribution in [0.4, 0.5) is 0 Å². The Morgan fingerprint density at radius 2 is 2.50 bits per heavy atom. The first-order chi connectivity index (χ1) is 9.78. The van der Waals surface area contributed by atoms with Gasteiger partial charge in [-0.15, -0.1) is 11.3 Å². The highest BCUT2D eigenvalue weighted by atomic mass is 32.2. The number of amides is 1. The van der Waals surface area contributed by atoms with Crippen molar-refractivity contribution in [3.8, 4) is 10.6 Å². The van der Waals surface area contributed by atoms with Crippen molar-refractivity contribution < 1.29 is 9.21 Å². The van der Waals surface area contributed by atoms with Gasteiger partial charge in [0.2, 0.25) is 5.91 Å². The SMILES string of the molecule is CSC1=NCCN1C(=O)Cc1csc(-c2ccoc2)n1. The molecule has 5 nitrogen and oxygen atoms in total. The van der Waals surface area contributed by atoms with Crippen molar-refractivity contribution >= 4 is 34.2 Å². The zero-order valence-electron chi connectivity index (χ0n) is 10.9. The molecular weight excluding hydrogens is 294 g/mol. The maximum Gasteiger partial charge on any atom is 0.234 e.